The van der Waals surface area contributed by atoms with Gasteiger partial charge in [0.15, 0.2) is 0 Å². The minimum atomic E-state index is -0.00446. The van der Waals surface area contributed by atoms with Crippen LogP contribution in [-0.2, 0) is 4.79 Å². The summed E-state index contributed by atoms with van der Waals surface area (Å²) in [5.41, 5.74) is 0. The number of H-pyrrole nitrogens is 1. The van der Waals surface area contributed by atoms with E-state index in [4.69, 9.17) is 0 Å². The second kappa shape index (κ2) is 9.16. The molecule has 0 saturated carbocycles. The lowest BCUT2D eigenvalue weighted by Gasteiger charge is -2.31. The Bertz CT molecular complexity index is 611. The summed E-state index contributed by atoms with van der Waals surface area (Å²) in [5, 5.41) is 9.86. The molecule has 0 spiro atoms. The fourth-order valence-electron chi connectivity index (χ4n) is 3.93. The molecule has 27 heavy (non-hydrogen) atoms. The average molecular weight is 377 g/mol. The molecule has 2 fully saturated rings. The number of rotatable bonds is 7. The molecule has 0 bridgehead atoms. The Morgan fingerprint density at radius 2 is 2.11 bits per heavy atom. The Balaban J connectivity index is 1.37. The standard InChI is InChI=1S/C18H31N7O2/c1-23(2)11-12-25-15(3-4-16(25)26)5-8-19-18(27)24-9-6-14(7-10-24)17-20-13-21-22-17/h13-15H,3-12H2,1-2H3,(H,19,27)(H,20,21,22). The van der Waals surface area contributed by atoms with Gasteiger partial charge in [0.05, 0.1) is 0 Å². The van der Waals surface area contributed by atoms with E-state index in [2.05, 4.69) is 25.4 Å². The van der Waals surface area contributed by atoms with Gasteiger partial charge in [0, 0.05) is 51.1 Å². The summed E-state index contributed by atoms with van der Waals surface area (Å²) in [6.45, 7) is 3.70. The van der Waals surface area contributed by atoms with Gasteiger partial charge in [0.25, 0.3) is 0 Å². The summed E-state index contributed by atoms with van der Waals surface area (Å²) in [6, 6.07) is 0.241. The average Bonchev–Trinajstić information content (AvgIpc) is 3.30. The van der Waals surface area contributed by atoms with Gasteiger partial charge in [0.1, 0.15) is 12.2 Å². The van der Waals surface area contributed by atoms with Gasteiger partial charge in [-0.2, -0.15) is 5.10 Å². The molecule has 2 N–H and O–H groups in total. The van der Waals surface area contributed by atoms with Crippen molar-refractivity contribution in [2.75, 3.05) is 46.8 Å². The molecule has 3 amide bonds. The number of aromatic amines is 1. The van der Waals surface area contributed by atoms with Crippen LogP contribution >= 0.6 is 0 Å². The van der Waals surface area contributed by atoms with E-state index >= 15 is 0 Å². The maximum Gasteiger partial charge on any atom is 0.317 e. The van der Waals surface area contributed by atoms with Crippen LogP contribution in [0.25, 0.3) is 0 Å². The van der Waals surface area contributed by atoms with E-state index in [1.54, 1.807) is 0 Å². The van der Waals surface area contributed by atoms with Gasteiger partial charge in [-0.15, -0.1) is 0 Å². The third kappa shape index (κ3) is 5.18. The van der Waals surface area contributed by atoms with Crippen molar-refractivity contribution in [2.45, 2.75) is 44.1 Å². The van der Waals surface area contributed by atoms with E-state index in [0.29, 0.717) is 18.9 Å². The van der Waals surface area contributed by atoms with Crippen molar-refractivity contribution in [3.05, 3.63) is 12.2 Å². The Labute approximate surface area is 160 Å². The van der Waals surface area contributed by atoms with E-state index in [-0.39, 0.29) is 18.0 Å². The maximum absolute atomic E-state index is 12.4. The van der Waals surface area contributed by atoms with Crippen LogP contribution in [-0.4, -0.2) is 94.7 Å². The second-order valence-electron chi connectivity index (χ2n) is 7.74. The molecule has 3 heterocycles. The number of hydrogen-bond donors (Lipinski definition) is 2. The largest absolute Gasteiger partial charge is 0.338 e. The molecule has 2 saturated heterocycles. The Morgan fingerprint density at radius 1 is 1.33 bits per heavy atom. The quantitative estimate of drug-likeness (QED) is 0.727. The molecule has 1 aromatic rings. The first-order chi connectivity index (χ1) is 13.0. The third-order valence-electron chi connectivity index (χ3n) is 5.60. The number of urea groups is 1. The number of carbonyl (C=O) groups is 2. The molecule has 2 aliphatic rings. The fraction of sp³-hybridized carbons (Fsp3) is 0.778. The van der Waals surface area contributed by atoms with Gasteiger partial charge in [-0.1, -0.05) is 0 Å². The van der Waals surface area contributed by atoms with Crippen LogP contribution in [0.2, 0.25) is 0 Å². The van der Waals surface area contributed by atoms with E-state index in [9.17, 15) is 9.59 Å². The van der Waals surface area contributed by atoms with E-state index in [0.717, 1.165) is 57.7 Å². The lowest BCUT2D eigenvalue weighted by molar-refractivity contribution is -0.129. The summed E-state index contributed by atoms with van der Waals surface area (Å²) < 4.78 is 0. The molecular weight excluding hydrogens is 346 g/mol. The minimum absolute atomic E-state index is 0.00446. The zero-order valence-electron chi connectivity index (χ0n) is 16.4. The van der Waals surface area contributed by atoms with Crippen LogP contribution in [0.15, 0.2) is 6.33 Å². The molecule has 0 radical (unpaired) electrons. The highest BCUT2D eigenvalue weighted by atomic mass is 16.2. The number of carbonyl (C=O) groups excluding carboxylic acids is 2. The van der Waals surface area contributed by atoms with Gasteiger partial charge in [-0.3, -0.25) is 9.89 Å². The van der Waals surface area contributed by atoms with Crippen molar-refractivity contribution >= 4 is 11.9 Å². The maximum atomic E-state index is 12.4. The summed E-state index contributed by atoms with van der Waals surface area (Å²) in [4.78, 5) is 34.7. The van der Waals surface area contributed by atoms with Crippen LogP contribution in [0.3, 0.4) is 0 Å². The topological polar surface area (TPSA) is 97.5 Å². The number of nitrogens with zero attached hydrogens (tertiary/aromatic N) is 5. The second-order valence-corrected chi connectivity index (χ2v) is 7.74. The Morgan fingerprint density at radius 3 is 2.78 bits per heavy atom. The molecule has 9 heteroatoms. The summed E-state index contributed by atoms with van der Waals surface area (Å²) >= 11 is 0. The van der Waals surface area contributed by atoms with Crippen molar-refractivity contribution < 1.29 is 9.59 Å². The van der Waals surface area contributed by atoms with E-state index < -0.39 is 0 Å². The van der Waals surface area contributed by atoms with Crippen molar-refractivity contribution in [1.82, 2.24) is 35.2 Å². The molecule has 9 nitrogen and oxygen atoms in total. The van der Waals surface area contributed by atoms with Gasteiger partial charge in [0.2, 0.25) is 5.91 Å². The number of nitrogens with one attached hydrogen (secondary N) is 2. The van der Waals surface area contributed by atoms with Gasteiger partial charge >= 0.3 is 6.03 Å². The Hall–Kier alpha value is -2.16. The molecular formula is C18H31N7O2. The minimum Gasteiger partial charge on any atom is -0.338 e. The normalized spacial score (nSPS) is 21.3. The van der Waals surface area contributed by atoms with Crippen LogP contribution in [0.5, 0.6) is 0 Å². The molecule has 150 valence electrons. The van der Waals surface area contributed by atoms with Gasteiger partial charge in [-0.05, 0) is 39.8 Å². The van der Waals surface area contributed by atoms with Crippen molar-refractivity contribution in [3.8, 4) is 0 Å². The molecule has 0 aliphatic carbocycles. The van der Waals surface area contributed by atoms with Crippen LogP contribution in [0, 0.1) is 0 Å². The first-order valence-corrected chi connectivity index (χ1v) is 9.87. The van der Waals surface area contributed by atoms with Crippen LogP contribution in [0.4, 0.5) is 4.79 Å². The predicted molar refractivity (Wildman–Crippen MR) is 101 cm³/mol. The lowest BCUT2D eigenvalue weighted by Crippen LogP contribution is -2.45. The highest BCUT2D eigenvalue weighted by Gasteiger charge is 2.30. The zero-order valence-corrected chi connectivity index (χ0v) is 16.4. The fourth-order valence-corrected chi connectivity index (χ4v) is 3.93. The van der Waals surface area contributed by atoms with Crippen molar-refractivity contribution in [2.24, 2.45) is 0 Å². The SMILES string of the molecule is CN(C)CCN1C(=O)CCC1CCNC(=O)N1CCC(c2ncn[nH]2)CC1. The number of likely N-dealkylation sites (tertiary alicyclic amines) is 2. The zero-order chi connectivity index (χ0) is 19.2. The number of piperidine rings is 1. The number of hydrogen-bond acceptors (Lipinski definition) is 5. The first kappa shape index (κ1) is 19.6. The van der Waals surface area contributed by atoms with E-state index in [1.807, 2.05) is 23.9 Å². The highest BCUT2D eigenvalue weighted by molar-refractivity contribution is 5.78. The third-order valence-corrected chi connectivity index (χ3v) is 5.60. The number of likely N-dealkylation sites (N-methyl/N-ethyl adjacent to an activating group) is 1. The van der Waals surface area contributed by atoms with E-state index in [1.165, 1.54) is 6.33 Å². The molecule has 1 aromatic heterocycles. The summed E-state index contributed by atoms with van der Waals surface area (Å²) in [7, 11) is 4.03. The Kier molecular flexibility index (Phi) is 6.65. The monoisotopic (exact) mass is 377 g/mol. The van der Waals surface area contributed by atoms with Crippen molar-refractivity contribution in [3.63, 3.8) is 0 Å². The number of aromatic nitrogens is 3. The predicted octanol–water partition coefficient (Wildman–Crippen LogP) is 0.636. The van der Waals surface area contributed by atoms with Crippen molar-refractivity contribution in [1.29, 1.82) is 0 Å². The molecule has 3 rings (SSSR count). The lowest BCUT2D eigenvalue weighted by atomic mass is 9.96. The first-order valence-electron chi connectivity index (χ1n) is 9.87. The summed E-state index contributed by atoms with van der Waals surface area (Å²) in [5.74, 6) is 1.51. The molecule has 0 aromatic carbocycles. The van der Waals surface area contributed by atoms with Gasteiger partial charge < -0.3 is 20.0 Å². The van der Waals surface area contributed by atoms with Gasteiger partial charge in [-0.25, -0.2) is 9.78 Å². The van der Waals surface area contributed by atoms with Crippen LogP contribution < -0.4 is 5.32 Å². The summed E-state index contributed by atoms with van der Waals surface area (Å²) in [6.07, 6.45) is 5.67. The smallest absolute Gasteiger partial charge is 0.317 e. The number of amides is 3. The molecule has 1 atom stereocenters. The molecule has 2 aliphatic heterocycles. The highest BCUT2D eigenvalue weighted by Crippen LogP contribution is 2.25. The molecule has 1 unspecified atom stereocenters. The van der Waals surface area contributed by atoms with Crippen LogP contribution in [0.1, 0.15) is 43.8 Å².